The maximum atomic E-state index is 13.5. The minimum Gasteiger partial charge on any atom is -0.326 e. The molecule has 1 fully saturated rings. The molecule has 0 spiro atoms. The van der Waals surface area contributed by atoms with E-state index in [0.29, 0.717) is 11.0 Å². The van der Waals surface area contributed by atoms with Crippen molar-refractivity contribution < 1.29 is 4.39 Å². The summed E-state index contributed by atoms with van der Waals surface area (Å²) in [5.74, 6) is -0.181. The molecule has 2 N–H and O–H groups in total. The summed E-state index contributed by atoms with van der Waals surface area (Å²) in [6.45, 7) is 7.74. The Bertz CT molecular complexity index is 380. The van der Waals surface area contributed by atoms with Gasteiger partial charge in [-0.25, -0.2) is 4.39 Å². The first kappa shape index (κ1) is 11.6. The SMILES string of the molecule is CC1(C)CN(Cc2cccc(F)c2CN)C1. The zero-order valence-electron chi connectivity index (χ0n) is 9.96. The molecule has 16 heavy (non-hydrogen) atoms. The molecule has 0 radical (unpaired) electrons. The van der Waals surface area contributed by atoms with Crippen LogP contribution in [0.5, 0.6) is 0 Å². The number of likely N-dealkylation sites (tertiary alicyclic amines) is 1. The Morgan fingerprint density at radius 3 is 2.62 bits per heavy atom. The minimum atomic E-state index is -0.181. The fourth-order valence-corrected chi connectivity index (χ4v) is 2.50. The Morgan fingerprint density at radius 1 is 1.38 bits per heavy atom. The molecule has 1 aliphatic rings. The van der Waals surface area contributed by atoms with Gasteiger partial charge in [-0.05, 0) is 17.0 Å². The number of nitrogens with zero attached hydrogens (tertiary/aromatic N) is 1. The fourth-order valence-electron chi connectivity index (χ4n) is 2.50. The van der Waals surface area contributed by atoms with Crippen LogP contribution in [0.1, 0.15) is 25.0 Å². The first-order valence-electron chi connectivity index (χ1n) is 5.70. The highest BCUT2D eigenvalue weighted by molar-refractivity contribution is 5.28. The molecular formula is C13H19FN2. The molecule has 1 aromatic carbocycles. The topological polar surface area (TPSA) is 29.3 Å². The second-order valence-electron chi connectivity index (χ2n) is 5.39. The summed E-state index contributed by atoms with van der Waals surface area (Å²) in [7, 11) is 0. The van der Waals surface area contributed by atoms with E-state index in [0.717, 1.165) is 25.2 Å². The summed E-state index contributed by atoms with van der Waals surface area (Å²) in [6, 6.07) is 5.21. The summed E-state index contributed by atoms with van der Waals surface area (Å²) in [5.41, 5.74) is 7.68. The molecule has 1 saturated heterocycles. The van der Waals surface area contributed by atoms with E-state index in [9.17, 15) is 4.39 Å². The van der Waals surface area contributed by atoms with Crippen molar-refractivity contribution in [1.29, 1.82) is 0 Å². The number of nitrogens with two attached hydrogens (primary N) is 1. The summed E-state index contributed by atoms with van der Waals surface area (Å²) in [6.07, 6.45) is 0. The van der Waals surface area contributed by atoms with Gasteiger partial charge in [0.1, 0.15) is 5.82 Å². The van der Waals surface area contributed by atoms with Crippen LogP contribution in [-0.4, -0.2) is 18.0 Å². The molecule has 0 saturated carbocycles. The van der Waals surface area contributed by atoms with Crippen LogP contribution in [0.15, 0.2) is 18.2 Å². The van der Waals surface area contributed by atoms with E-state index in [1.807, 2.05) is 6.07 Å². The minimum absolute atomic E-state index is 0.181. The molecular weight excluding hydrogens is 203 g/mol. The van der Waals surface area contributed by atoms with Gasteiger partial charge in [0.05, 0.1) is 0 Å². The van der Waals surface area contributed by atoms with Crippen LogP contribution >= 0.6 is 0 Å². The Hall–Kier alpha value is -0.930. The van der Waals surface area contributed by atoms with E-state index in [2.05, 4.69) is 18.7 Å². The molecule has 0 aromatic heterocycles. The second kappa shape index (κ2) is 4.15. The second-order valence-corrected chi connectivity index (χ2v) is 5.39. The quantitative estimate of drug-likeness (QED) is 0.849. The van der Waals surface area contributed by atoms with E-state index in [-0.39, 0.29) is 12.4 Å². The molecule has 1 aromatic rings. The lowest BCUT2D eigenvalue weighted by Crippen LogP contribution is -2.52. The van der Waals surface area contributed by atoms with Gasteiger partial charge in [-0.1, -0.05) is 26.0 Å². The molecule has 1 aliphatic heterocycles. The third-order valence-electron chi connectivity index (χ3n) is 3.12. The van der Waals surface area contributed by atoms with Crippen molar-refractivity contribution >= 4 is 0 Å². The summed E-state index contributed by atoms with van der Waals surface area (Å²) in [4.78, 5) is 2.33. The maximum Gasteiger partial charge on any atom is 0.128 e. The first-order chi connectivity index (χ1) is 7.52. The normalized spacial score (nSPS) is 19.5. The number of hydrogen-bond donors (Lipinski definition) is 1. The van der Waals surface area contributed by atoms with Crippen LogP contribution in [0.25, 0.3) is 0 Å². The third kappa shape index (κ3) is 2.25. The molecule has 0 aliphatic carbocycles. The number of rotatable bonds is 3. The van der Waals surface area contributed by atoms with Gasteiger partial charge in [-0.15, -0.1) is 0 Å². The van der Waals surface area contributed by atoms with Crippen LogP contribution < -0.4 is 5.73 Å². The van der Waals surface area contributed by atoms with Crippen LogP contribution in [0.2, 0.25) is 0 Å². The lowest BCUT2D eigenvalue weighted by atomic mass is 9.84. The molecule has 0 atom stereocenters. The Morgan fingerprint density at radius 2 is 2.06 bits per heavy atom. The van der Waals surface area contributed by atoms with Crippen LogP contribution in [-0.2, 0) is 13.1 Å². The summed E-state index contributed by atoms with van der Waals surface area (Å²) in [5, 5.41) is 0. The zero-order chi connectivity index (χ0) is 11.8. The van der Waals surface area contributed by atoms with E-state index >= 15 is 0 Å². The highest BCUT2D eigenvalue weighted by atomic mass is 19.1. The van der Waals surface area contributed by atoms with Crippen LogP contribution in [0.3, 0.4) is 0 Å². The van der Waals surface area contributed by atoms with Crippen LogP contribution in [0, 0.1) is 11.2 Å². The largest absolute Gasteiger partial charge is 0.326 e. The van der Waals surface area contributed by atoms with Gasteiger partial charge in [-0.3, -0.25) is 4.90 Å². The Balaban J connectivity index is 2.08. The van der Waals surface area contributed by atoms with Crippen molar-refractivity contribution in [2.24, 2.45) is 11.1 Å². The van der Waals surface area contributed by atoms with Crippen molar-refractivity contribution in [3.8, 4) is 0 Å². The van der Waals surface area contributed by atoms with Gasteiger partial charge in [-0.2, -0.15) is 0 Å². The zero-order valence-corrected chi connectivity index (χ0v) is 9.96. The van der Waals surface area contributed by atoms with Crippen LogP contribution in [0.4, 0.5) is 4.39 Å². The number of hydrogen-bond acceptors (Lipinski definition) is 2. The van der Waals surface area contributed by atoms with Gasteiger partial charge >= 0.3 is 0 Å². The number of benzene rings is 1. The van der Waals surface area contributed by atoms with Crippen molar-refractivity contribution in [3.05, 3.63) is 35.1 Å². The van der Waals surface area contributed by atoms with E-state index in [1.165, 1.54) is 6.07 Å². The molecule has 88 valence electrons. The van der Waals surface area contributed by atoms with Crippen molar-refractivity contribution in [2.45, 2.75) is 26.9 Å². The predicted octanol–water partition coefficient (Wildman–Crippen LogP) is 2.13. The average Bonchev–Trinajstić information content (AvgIpc) is 2.15. The van der Waals surface area contributed by atoms with Gasteiger partial charge in [0.2, 0.25) is 0 Å². The van der Waals surface area contributed by atoms with E-state index < -0.39 is 0 Å². The highest BCUT2D eigenvalue weighted by Gasteiger charge is 2.33. The maximum absolute atomic E-state index is 13.5. The molecule has 2 nitrogen and oxygen atoms in total. The predicted molar refractivity (Wildman–Crippen MR) is 63.3 cm³/mol. The Kier molecular flexibility index (Phi) is 3.00. The fraction of sp³-hybridized carbons (Fsp3) is 0.538. The van der Waals surface area contributed by atoms with Crippen molar-refractivity contribution in [3.63, 3.8) is 0 Å². The standard InChI is InChI=1S/C13H19FN2/c1-13(2)8-16(9-13)7-10-4-3-5-12(14)11(10)6-15/h3-5H,6-9,15H2,1-2H3. The molecule has 2 rings (SSSR count). The summed E-state index contributed by atoms with van der Waals surface area (Å²) < 4.78 is 13.5. The molecule has 0 unspecified atom stereocenters. The van der Waals surface area contributed by atoms with Gasteiger partial charge < -0.3 is 5.73 Å². The lowest BCUT2D eigenvalue weighted by molar-refractivity contribution is 0.0240. The van der Waals surface area contributed by atoms with Crippen molar-refractivity contribution in [2.75, 3.05) is 13.1 Å². The lowest BCUT2D eigenvalue weighted by Gasteiger charge is -2.46. The smallest absolute Gasteiger partial charge is 0.128 e. The van der Waals surface area contributed by atoms with Gasteiger partial charge in [0.25, 0.3) is 0 Å². The van der Waals surface area contributed by atoms with Gasteiger partial charge in [0, 0.05) is 31.7 Å². The van der Waals surface area contributed by atoms with E-state index in [4.69, 9.17) is 5.73 Å². The first-order valence-corrected chi connectivity index (χ1v) is 5.70. The van der Waals surface area contributed by atoms with E-state index in [1.54, 1.807) is 6.07 Å². The molecule has 3 heteroatoms. The third-order valence-corrected chi connectivity index (χ3v) is 3.12. The van der Waals surface area contributed by atoms with Crippen molar-refractivity contribution in [1.82, 2.24) is 4.90 Å². The molecule has 1 heterocycles. The van der Waals surface area contributed by atoms with Gasteiger partial charge in [0.15, 0.2) is 0 Å². The monoisotopic (exact) mass is 222 g/mol. The highest BCUT2D eigenvalue weighted by Crippen LogP contribution is 2.30. The molecule has 0 amide bonds. The average molecular weight is 222 g/mol. The summed E-state index contributed by atoms with van der Waals surface area (Å²) >= 11 is 0. The Labute approximate surface area is 96.2 Å². The molecule has 0 bridgehead atoms. The number of halogens is 1.